The van der Waals surface area contributed by atoms with Crippen LogP contribution in [-0.2, 0) is 20.7 Å². The van der Waals surface area contributed by atoms with Crippen LogP contribution in [0.2, 0.25) is 0 Å². The molecule has 33 heavy (non-hydrogen) atoms. The third-order valence-corrected chi connectivity index (χ3v) is 5.58. The van der Waals surface area contributed by atoms with E-state index < -0.39 is 12.1 Å². The third-order valence-electron chi connectivity index (χ3n) is 5.58. The minimum Gasteiger partial charge on any atom is -0.491 e. The fraction of sp³-hybridized carbons (Fsp3) is 0.409. The molecular weight excluding hydrogens is 448 g/mol. The zero-order chi connectivity index (χ0) is 24.1. The zero-order valence-corrected chi connectivity index (χ0v) is 17.4. The van der Waals surface area contributed by atoms with Crippen molar-refractivity contribution >= 4 is 11.9 Å². The summed E-state index contributed by atoms with van der Waals surface area (Å²) in [5.74, 6) is -2.19. The Hall–Kier alpha value is -3.21. The summed E-state index contributed by atoms with van der Waals surface area (Å²) in [4.78, 5) is 27.5. The quantitative estimate of drug-likeness (QED) is 0.676. The first kappa shape index (κ1) is 24.4. The van der Waals surface area contributed by atoms with Gasteiger partial charge in [-0.25, -0.2) is 9.18 Å². The monoisotopic (exact) mass is 470 g/mol. The number of carbonyl (C=O) groups is 2. The maximum Gasteiger partial charge on any atom is 0.490 e. The zero-order valence-electron chi connectivity index (χ0n) is 17.4. The number of benzene rings is 1. The highest BCUT2D eigenvalue weighted by molar-refractivity contribution is 5.79. The summed E-state index contributed by atoms with van der Waals surface area (Å²) < 4.78 is 57.2. The number of fused-ring (bicyclic) bond motifs is 1. The minimum absolute atomic E-state index is 0.0507. The molecule has 1 aromatic carbocycles. The number of likely N-dealkylation sites (tertiary alicyclic amines) is 1. The minimum atomic E-state index is -5.08. The van der Waals surface area contributed by atoms with E-state index >= 15 is 0 Å². The summed E-state index contributed by atoms with van der Waals surface area (Å²) in [5.41, 5.74) is 0.229. The third kappa shape index (κ3) is 6.19. The molecule has 11 heteroatoms. The normalized spacial score (nSPS) is 21.7. The lowest BCUT2D eigenvalue weighted by atomic mass is 9.82. The maximum absolute atomic E-state index is 13.8. The van der Waals surface area contributed by atoms with Crippen LogP contribution in [0.4, 0.5) is 17.6 Å². The number of aromatic nitrogens is 1. The smallest absolute Gasteiger partial charge is 0.490 e. The predicted octanol–water partition coefficient (Wildman–Crippen LogP) is 2.95. The highest BCUT2D eigenvalue weighted by Gasteiger charge is 2.52. The lowest BCUT2D eigenvalue weighted by Gasteiger charge is -2.27. The second-order valence-corrected chi connectivity index (χ2v) is 7.90. The van der Waals surface area contributed by atoms with Crippen molar-refractivity contribution in [1.29, 1.82) is 0 Å². The molecule has 7 nitrogen and oxygen atoms in total. The molecule has 3 heterocycles. The number of nitrogens with zero attached hydrogens (tertiary/aromatic N) is 2. The molecule has 2 aliphatic heterocycles. The van der Waals surface area contributed by atoms with Crippen molar-refractivity contribution in [2.75, 3.05) is 32.9 Å². The van der Waals surface area contributed by atoms with Crippen molar-refractivity contribution in [2.45, 2.75) is 12.6 Å². The van der Waals surface area contributed by atoms with Gasteiger partial charge in [0, 0.05) is 25.2 Å². The molecule has 2 fully saturated rings. The van der Waals surface area contributed by atoms with Gasteiger partial charge in [0.1, 0.15) is 11.6 Å². The van der Waals surface area contributed by atoms with Gasteiger partial charge in [-0.2, -0.15) is 13.2 Å². The number of pyridine rings is 1. The Morgan fingerprint density at radius 1 is 1.24 bits per heavy atom. The van der Waals surface area contributed by atoms with Gasteiger partial charge in [0.05, 0.1) is 37.9 Å². The summed E-state index contributed by atoms with van der Waals surface area (Å²) >= 11 is 0. The average molecular weight is 470 g/mol. The van der Waals surface area contributed by atoms with Gasteiger partial charge in [-0.1, -0.05) is 18.2 Å². The second kappa shape index (κ2) is 10.2. The molecule has 1 aromatic heterocycles. The number of halogens is 4. The molecule has 0 aliphatic carbocycles. The van der Waals surface area contributed by atoms with Gasteiger partial charge < -0.3 is 19.5 Å². The standard InChI is InChI=1S/C20H21FN2O3.C2HF3O2/c21-18-6-2-1-4-15(18)8-19(24)23-10-16-11-25-13-20(16,12-23)14-26-17-5-3-7-22-9-17;3-2(4,5)1(6)7/h1-7,9,16H,8,10-14H2;(H,6,7)/t16-,20+;/m1./s1. The molecular formula is C22H22F4N2O5. The largest absolute Gasteiger partial charge is 0.491 e. The highest BCUT2D eigenvalue weighted by Crippen LogP contribution is 2.41. The van der Waals surface area contributed by atoms with Crippen LogP contribution in [-0.4, -0.2) is 66.0 Å². The van der Waals surface area contributed by atoms with Crippen LogP contribution in [0.1, 0.15) is 5.56 Å². The van der Waals surface area contributed by atoms with E-state index in [1.807, 2.05) is 17.0 Å². The van der Waals surface area contributed by atoms with Gasteiger partial charge in [-0.15, -0.1) is 0 Å². The van der Waals surface area contributed by atoms with Crippen molar-refractivity contribution in [2.24, 2.45) is 11.3 Å². The molecule has 1 amide bonds. The molecule has 0 spiro atoms. The molecule has 1 N–H and O–H groups in total. The van der Waals surface area contributed by atoms with Gasteiger partial charge in [0.2, 0.25) is 5.91 Å². The molecule has 0 bridgehead atoms. The molecule has 0 unspecified atom stereocenters. The van der Waals surface area contributed by atoms with E-state index in [2.05, 4.69) is 4.98 Å². The average Bonchev–Trinajstić information content (AvgIpc) is 3.32. The van der Waals surface area contributed by atoms with Crippen molar-refractivity contribution in [3.63, 3.8) is 0 Å². The SMILES string of the molecule is O=C(Cc1ccccc1F)N1C[C@@H]2COC[C@]2(COc2cccnc2)C1.O=C(O)C(F)(F)F. The van der Waals surface area contributed by atoms with Crippen LogP contribution in [0.15, 0.2) is 48.8 Å². The molecule has 178 valence electrons. The first-order valence-electron chi connectivity index (χ1n) is 10.0. The van der Waals surface area contributed by atoms with Gasteiger partial charge in [-0.3, -0.25) is 9.78 Å². The topological polar surface area (TPSA) is 89.0 Å². The fourth-order valence-electron chi connectivity index (χ4n) is 3.80. The summed E-state index contributed by atoms with van der Waals surface area (Å²) in [7, 11) is 0. The van der Waals surface area contributed by atoms with Crippen LogP contribution >= 0.6 is 0 Å². The second-order valence-electron chi connectivity index (χ2n) is 7.90. The number of amides is 1. The molecule has 2 aliphatic rings. The number of hydrogen-bond acceptors (Lipinski definition) is 5. The Balaban J connectivity index is 0.000000383. The summed E-state index contributed by atoms with van der Waals surface area (Å²) in [6, 6.07) is 10.1. The number of alkyl halides is 3. The van der Waals surface area contributed by atoms with Gasteiger partial charge in [0.25, 0.3) is 0 Å². The van der Waals surface area contributed by atoms with Crippen molar-refractivity contribution in [3.8, 4) is 5.75 Å². The Bertz CT molecular complexity index is 973. The Kier molecular flexibility index (Phi) is 7.52. The Morgan fingerprint density at radius 2 is 1.97 bits per heavy atom. The van der Waals surface area contributed by atoms with Crippen molar-refractivity contribution in [1.82, 2.24) is 9.88 Å². The summed E-state index contributed by atoms with van der Waals surface area (Å²) in [6.45, 7) is 2.88. The lowest BCUT2D eigenvalue weighted by Crippen LogP contribution is -2.38. The molecule has 0 radical (unpaired) electrons. The van der Waals surface area contributed by atoms with E-state index in [9.17, 15) is 22.4 Å². The predicted molar refractivity (Wildman–Crippen MR) is 107 cm³/mol. The highest BCUT2D eigenvalue weighted by atomic mass is 19.4. The first-order valence-corrected chi connectivity index (χ1v) is 10.0. The molecule has 2 aromatic rings. The van der Waals surface area contributed by atoms with Crippen LogP contribution in [0.5, 0.6) is 5.75 Å². The van der Waals surface area contributed by atoms with Gasteiger partial charge in [0.15, 0.2) is 0 Å². The van der Waals surface area contributed by atoms with E-state index in [0.717, 1.165) is 0 Å². The van der Waals surface area contributed by atoms with E-state index in [-0.39, 0.29) is 29.5 Å². The number of carbonyl (C=O) groups excluding carboxylic acids is 1. The van der Waals surface area contributed by atoms with E-state index in [1.165, 1.54) is 6.07 Å². The fourth-order valence-corrected chi connectivity index (χ4v) is 3.80. The van der Waals surface area contributed by atoms with E-state index in [0.29, 0.717) is 44.2 Å². The number of carboxylic acid groups (broad SMARTS) is 1. The molecule has 2 atom stereocenters. The molecule has 0 saturated carbocycles. The Labute approximate surface area is 186 Å². The van der Waals surface area contributed by atoms with Crippen LogP contribution in [0.25, 0.3) is 0 Å². The number of ether oxygens (including phenoxy) is 2. The van der Waals surface area contributed by atoms with E-state index in [1.54, 1.807) is 30.6 Å². The van der Waals surface area contributed by atoms with Gasteiger partial charge >= 0.3 is 12.1 Å². The lowest BCUT2D eigenvalue weighted by molar-refractivity contribution is -0.192. The Morgan fingerprint density at radius 3 is 2.61 bits per heavy atom. The summed E-state index contributed by atoms with van der Waals surface area (Å²) in [6.07, 6.45) is -1.62. The van der Waals surface area contributed by atoms with E-state index in [4.69, 9.17) is 19.4 Å². The number of aliphatic carboxylic acids is 1. The van der Waals surface area contributed by atoms with Crippen LogP contribution in [0, 0.1) is 17.2 Å². The summed E-state index contributed by atoms with van der Waals surface area (Å²) in [5, 5.41) is 7.12. The molecule has 2 saturated heterocycles. The van der Waals surface area contributed by atoms with Crippen molar-refractivity contribution < 1.29 is 41.7 Å². The number of carboxylic acids is 1. The van der Waals surface area contributed by atoms with Crippen LogP contribution < -0.4 is 4.74 Å². The number of hydrogen-bond donors (Lipinski definition) is 1. The molecule has 4 rings (SSSR count). The number of rotatable bonds is 5. The maximum atomic E-state index is 13.8. The van der Waals surface area contributed by atoms with Gasteiger partial charge in [-0.05, 0) is 23.8 Å². The van der Waals surface area contributed by atoms with Crippen molar-refractivity contribution in [3.05, 3.63) is 60.2 Å². The first-order chi connectivity index (χ1) is 15.6. The van der Waals surface area contributed by atoms with Crippen LogP contribution in [0.3, 0.4) is 0 Å².